The van der Waals surface area contributed by atoms with Gasteiger partial charge in [-0.05, 0) is 44.9 Å². The molecule has 2 aromatic rings. The number of aliphatic hydroxyl groups is 1. The molecule has 1 aliphatic carbocycles. The van der Waals surface area contributed by atoms with Gasteiger partial charge < -0.3 is 20.5 Å². The summed E-state index contributed by atoms with van der Waals surface area (Å²) < 4.78 is 36.5. The number of nitrogen functional groups attached to an aromatic ring is 1. The maximum atomic E-state index is 14.7. The number of hydrogen-bond donors (Lipinski definition) is 2. The molecule has 1 fully saturated rings. The minimum absolute atomic E-state index is 0.0672. The van der Waals surface area contributed by atoms with E-state index in [-0.39, 0.29) is 29.8 Å². The number of ether oxygens (including phenoxy) is 1. The molecule has 33 heavy (non-hydrogen) atoms. The summed E-state index contributed by atoms with van der Waals surface area (Å²) in [5.41, 5.74) is 6.06. The van der Waals surface area contributed by atoms with Gasteiger partial charge in [0.1, 0.15) is 29.1 Å². The third kappa shape index (κ3) is 4.19. The van der Waals surface area contributed by atoms with Crippen LogP contribution in [0.15, 0.2) is 35.7 Å². The summed E-state index contributed by atoms with van der Waals surface area (Å²) >= 11 is 0. The average molecular weight is 462 g/mol. The number of nitrogens with zero attached hydrogens (tertiary/aromatic N) is 4. The van der Waals surface area contributed by atoms with Crippen LogP contribution in [0.4, 0.5) is 19.4 Å². The molecule has 2 atom stereocenters. The number of aliphatic hydroxyl groups excluding tert-OH is 1. The smallest absolute Gasteiger partial charge is 0.410 e. The number of anilines is 1. The summed E-state index contributed by atoms with van der Waals surface area (Å²) in [6.45, 7) is 7.40. The second-order valence-electron chi connectivity index (χ2n) is 9.93. The number of fused-ring (bicyclic) bond motifs is 1. The van der Waals surface area contributed by atoms with Crippen molar-refractivity contribution in [2.75, 3.05) is 25.4 Å². The second-order valence-corrected chi connectivity index (χ2v) is 9.93. The maximum Gasteiger partial charge on any atom is 0.410 e. The van der Waals surface area contributed by atoms with E-state index in [1.807, 2.05) is 26.8 Å². The van der Waals surface area contributed by atoms with Gasteiger partial charge in [-0.1, -0.05) is 6.92 Å². The molecule has 4 rings (SSSR count). The van der Waals surface area contributed by atoms with Gasteiger partial charge in [0.25, 0.3) is 0 Å². The number of halogens is 2. The molecule has 0 radical (unpaired) electrons. The normalized spacial score (nSPS) is 23.9. The van der Waals surface area contributed by atoms with Crippen LogP contribution in [0.1, 0.15) is 57.7 Å². The first kappa shape index (κ1) is 23.2. The number of allylic oxidation sites excluding steroid dienone is 2. The first-order chi connectivity index (χ1) is 15.4. The molecule has 1 aliphatic heterocycles. The predicted octanol–water partition coefficient (Wildman–Crippen LogP) is 3.77. The van der Waals surface area contributed by atoms with Gasteiger partial charge in [0, 0.05) is 42.1 Å². The Bertz CT molecular complexity index is 1170. The molecular formula is C23H29F2N5O3. The van der Waals surface area contributed by atoms with Crippen molar-refractivity contribution in [3.8, 4) is 0 Å². The number of amides is 1. The van der Waals surface area contributed by atoms with Gasteiger partial charge in [-0.15, -0.1) is 0 Å². The van der Waals surface area contributed by atoms with Crippen molar-refractivity contribution in [3.05, 3.63) is 47.0 Å². The first-order valence-electron chi connectivity index (χ1n) is 10.9. The molecule has 178 valence electrons. The van der Waals surface area contributed by atoms with E-state index >= 15 is 0 Å². The Kier molecular flexibility index (Phi) is 5.68. The molecule has 0 spiro atoms. The lowest BCUT2D eigenvalue weighted by molar-refractivity contribution is 0.0292. The minimum atomic E-state index is -1.06. The van der Waals surface area contributed by atoms with Crippen molar-refractivity contribution >= 4 is 17.4 Å². The third-order valence-electron chi connectivity index (χ3n) is 6.23. The molecule has 2 aliphatic rings. The van der Waals surface area contributed by atoms with Crippen LogP contribution in [0, 0.1) is 0 Å². The summed E-state index contributed by atoms with van der Waals surface area (Å²) in [6.07, 6.45) is 2.82. The van der Waals surface area contributed by atoms with E-state index in [4.69, 9.17) is 10.5 Å². The topological polar surface area (TPSA) is 106 Å². The van der Waals surface area contributed by atoms with E-state index in [0.29, 0.717) is 30.6 Å². The van der Waals surface area contributed by atoms with Gasteiger partial charge in [-0.25, -0.2) is 23.1 Å². The predicted molar refractivity (Wildman–Crippen MR) is 119 cm³/mol. The quantitative estimate of drug-likeness (QED) is 0.721. The van der Waals surface area contributed by atoms with Crippen LogP contribution in [-0.4, -0.2) is 56.0 Å². The molecule has 2 unspecified atom stereocenters. The van der Waals surface area contributed by atoms with Crippen LogP contribution < -0.4 is 5.73 Å². The van der Waals surface area contributed by atoms with Crippen molar-refractivity contribution < 1.29 is 23.4 Å². The van der Waals surface area contributed by atoms with Crippen LogP contribution in [0.3, 0.4) is 0 Å². The lowest BCUT2D eigenvalue weighted by Crippen LogP contribution is -2.35. The lowest BCUT2D eigenvalue weighted by Gasteiger charge is -2.29. The van der Waals surface area contributed by atoms with Crippen LogP contribution in [0.25, 0.3) is 5.52 Å². The van der Waals surface area contributed by atoms with E-state index in [9.17, 15) is 18.7 Å². The van der Waals surface area contributed by atoms with Gasteiger partial charge in [0.15, 0.2) is 5.82 Å². The monoisotopic (exact) mass is 461 g/mol. The molecule has 1 saturated heterocycles. The van der Waals surface area contributed by atoms with E-state index in [1.165, 1.54) is 12.4 Å². The SMILES string of the molecule is CC(C)(C)OC(=O)N1CCC(c2cc(C3(C)C=C(F)C(CO)=C(F)C3)c3c(N)ncnn23)C1. The van der Waals surface area contributed by atoms with Gasteiger partial charge in [-0.3, -0.25) is 0 Å². The van der Waals surface area contributed by atoms with Gasteiger partial charge in [0.2, 0.25) is 0 Å². The highest BCUT2D eigenvalue weighted by Crippen LogP contribution is 2.45. The zero-order valence-electron chi connectivity index (χ0n) is 19.2. The average Bonchev–Trinajstić information content (AvgIpc) is 3.32. The largest absolute Gasteiger partial charge is 0.444 e. The van der Waals surface area contributed by atoms with Crippen LogP contribution in [0.2, 0.25) is 0 Å². The van der Waals surface area contributed by atoms with E-state index in [2.05, 4.69) is 10.1 Å². The number of hydrogen-bond acceptors (Lipinski definition) is 6. The Morgan fingerprint density at radius 2 is 2.12 bits per heavy atom. The van der Waals surface area contributed by atoms with Gasteiger partial charge >= 0.3 is 6.09 Å². The molecule has 2 aromatic heterocycles. The van der Waals surface area contributed by atoms with Crippen molar-refractivity contribution in [2.24, 2.45) is 0 Å². The third-order valence-corrected chi connectivity index (χ3v) is 6.23. The second kappa shape index (κ2) is 8.09. The van der Waals surface area contributed by atoms with E-state index in [0.717, 1.165) is 5.69 Å². The fourth-order valence-corrected chi connectivity index (χ4v) is 4.62. The number of carbonyl (C=O) groups is 1. The summed E-state index contributed by atoms with van der Waals surface area (Å²) in [4.78, 5) is 18.3. The van der Waals surface area contributed by atoms with E-state index < -0.39 is 29.3 Å². The lowest BCUT2D eigenvalue weighted by atomic mass is 9.75. The summed E-state index contributed by atoms with van der Waals surface area (Å²) in [7, 11) is 0. The van der Waals surface area contributed by atoms with Gasteiger partial charge in [0.05, 0.1) is 6.61 Å². The zero-order chi connectivity index (χ0) is 24.1. The first-order valence-corrected chi connectivity index (χ1v) is 10.9. The molecule has 1 amide bonds. The van der Waals surface area contributed by atoms with Crippen molar-refractivity contribution in [1.82, 2.24) is 19.5 Å². The van der Waals surface area contributed by atoms with E-state index in [1.54, 1.807) is 16.3 Å². The Hall–Kier alpha value is -3.01. The van der Waals surface area contributed by atoms with Crippen molar-refractivity contribution in [3.63, 3.8) is 0 Å². The molecule has 3 heterocycles. The minimum Gasteiger partial charge on any atom is -0.444 e. The molecule has 8 nitrogen and oxygen atoms in total. The zero-order valence-corrected chi connectivity index (χ0v) is 19.2. The number of nitrogens with two attached hydrogens (primary N) is 1. The molecule has 0 aromatic carbocycles. The Morgan fingerprint density at radius 1 is 1.39 bits per heavy atom. The highest BCUT2D eigenvalue weighted by molar-refractivity contribution is 5.74. The highest BCUT2D eigenvalue weighted by atomic mass is 19.1. The number of aromatic nitrogens is 3. The molecule has 0 saturated carbocycles. The summed E-state index contributed by atoms with van der Waals surface area (Å²) in [5, 5.41) is 13.7. The Labute approximate surface area is 190 Å². The maximum absolute atomic E-state index is 14.7. The fraction of sp³-hybridized carbons (Fsp3) is 0.522. The molecule has 3 N–H and O–H groups in total. The summed E-state index contributed by atoms with van der Waals surface area (Å²) in [6, 6.07) is 1.85. The molecule has 0 bridgehead atoms. The number of likely N-dealkylation sites (tertiary alicyclic amines) is 1. The van der Waals surface area contributed by atoms with Crippen LogP contribution in [-0.2, 0) is 10.2 Å². The summed E-state index contributed by atoms with van der Waals surface area (Å²) in [5.74, 6) is -1.37. The fourth-order valence-electron chi connectivity index (χ4n) is 4.62. The van der Waals surface area contributed by atoms with Crippen LogP contribution >= 0.6 is 0 Å². The van der Waals surface area contributed by atoms with Crippen molar-refractivity contribution in [2.45, 2.75) is 57.5 Å². The Balaban J connectivity index is 1.73. The number of rotatable bonds is 3. The molecule has 10 heteroatoms. The van der Waals surface area contributed by atoms with Gasteiger partial charge in [-0.2, -0.15) is 5.10 Å². The Morgan fingerprint density at radius 3 is 2.76 bits per heavy atom. The highest BCUT2D eigenvalue weighted by Gasteiger charge is 2.39. The number of carbonyl (C=O) groups excluding carboxylic acids is 1. The standard InChI is InChI=1S/C23H29F2N5O3/c1-22(2,3)33-21(32)29-6-5-13(10-29)18-7-15(19-20(26)27-12-28-30(18)19)23(4)8-16(24)14(11-31)17(25)9-23/h7-8,12-13,31H,5-6,9-11H2,1-4H3,(H2,26,27,28). The van der Waals surface area contributed by atoms with Crippen molar-refractivity contribution in [1.29, 1.82) is 0 Å². The molecular weight excluding hydrogens is 432 g/mol. The van der Waals surface area contributed by atoms with Crippen LogP contribution in [0.5, 0.6) is 0 Å².